The van der Waals surface area contributed by atoms with Gasteiger partial charge in [-0.3, -0.25) is 4.79 Å². The molecule has 29 heavy (non-hydrogen) atoms. The molecule has 0 saturated carbocycles. The molecule has 3 rings (SSSR count). The van der Waals surface area contributed by atoms with E-state index < -0.39 is 0 Å². The highest BCUT2D eigenvalue weighted by Crippen LogP contribution is 2.25. The van der Waals surface area contributed by atoms with E-state index in [9.17, 15) is 4.79 Å². The van der Waals surface area contributed by atoms with Gasteiger partial charge in [0.1, 0.15) is 5.75 Å². The Morgan fingerprint density at radius 1 is 1.10 bits per heavy atom. The smallest absolute Gasteiger partial charge is 0.277 e. The van der Waals surface area contributed by atoms with Crippen LogP contribution in [0.5, 0.6) is 5.75 Å². The summed E-state index contributed by atoms with van der Waals surface area (Å²) < 4.78 is 11.1. The van der Waals surface area contributed by atoms with Gasteiger partial charge in [0, 0.05) is 5.56 Å². The number of nitrogens with zero attached hydrogens (tertiary/aromatic N) is 2. The van der Waals surface area contributed by atoms with Gasteiger partial charge in [0.2, 0.25) is 11.8 Å². The van der Waals surface area contributed by atoms with Crippen molar-refractivity contribution in [2.24, 2.45) is 0 Å². The summed E-state index contributed by atoms with van der Waals surface area (Å²) in [5.41, 5.74) is 1.92. The molecule has 0 spiro atoms. The molecule has 1 heterocycles. The minimum Gasteiger partial charge on any atom is -0.494 e. The zero-order valence-corrected chi connectivity index (χ0v) is 17.4. The van der Waals surface area contributed by atoms with Gasteiger partial charge in [0.15, 0.2) is 0 Å². The third-order valence-corrected chi connectivity index (χ3v) is 5.08. The molecule has 1 amide bonds. The van der Waals surface area contributed by atoms with Gasteiger partial charge < -0.3 is 14.5 Å². The van der Waals surface area contributed by atoms with Crippen LogP contribution in [0.3, 0.4) is 0 Å². The van der Waals surface area contributed by atoms with Crippen molar-refractivity contribution in [1.82, 2.24) is 15.5 Å². The van der Waals surface area contributed by atoms with Gasteiger partial charge in [-0.05, 0) is 43.2 Å². The van der Waals surface area contributed by atoms with Crippen molar-refractivity contribution in [3.05, 3.63) is 60.2 Å². The third-order valence-electron chi connectivity index (χ3n) is 4.26. The molecule has 0 aliphatic rings. The molecule has 0 bridgehead atoms. The fourth-order valence-electron chi connectivity index (χ4n) is 2.90. The summed E-state index contributed by atoms with van der Waals surface area (Å²) in [4.78, 5) is 12.4. The molecule has 1 atom stereocenters. The van der Waals surface area contributed by atoms with E-state index in [0.717, 1.165) is 29.7 Å². The summed E-state index contributed by atoms with van der Waals surface area (Å²) >= 11 is 1.23. The summed E-state index contributed by atoms with van der Waals surface area (Å²) in [5.74, 6) is 1.38. The van der Waals surface area contributed by atoms with Crippen molar-refractivity contribution in [3.63, 3.8) is 0 Å². The van der Waals surface area contributed by atoms with E-state index in [4.69, 9.17) is 9.15 Å². The quantitative estimate of drug-likeness (QED) is 0.479. The number of benzene rings is 2. The Labute approximate surface area is 175 Å². The first kappa shape index (κ1) is 20.9. The second-order valence-corrected chi connectivity index (χ2v) is 7.37. The standard InChI is InChI=1S/C22H25N3O3S/c1-3-8-19(16-9-6-5-7-10-16)23-20(26)15-29-22-25-24-21(28-22)17-11-13-18(14-12-17)27-4-2/h5-7,9-14,19H,3-4,8,15H2,1-2H3,(H,23,26)/t19-/m1/s1. The monoisotopic (exact) mass is 411 g/mol. The molecular weight excluding hydrogens is 386 g/mol. The van der Waals surface area contributed by atoms with Gasteiger partial charge in [-0.15, -0.1) is 10.2 Å². The molecule has 0 radical (unpaired) electrons. The molecule has 152 valence electrons. The Bertz CT molecular complexity index is 897. The van der Waals surface area contributed by atoms with Crippen molar-refractivity contribution in [1.29, 1.82) is 0 Å². The molecule has 0 saturated heterocycles. The molecule has 3 aromatic rings. The average molecular weight is 412 g/mol. The minimum atomic E-state index is -0.0573. The van der Waals surface area contributed by atoms with Gasteiger partial charge in [0.05, 0.1) is 18.4 Å². The van der Waals surface area contributed by atoms with Crippen molar-refractivity contribution >= 4 is 17.7 Å². The lowest BCUT2D eigenvalue weighted by Gasteiger charge is -2.18. The summed E-state index contributed by atoms with van der Waals surface area (Å²) in [7, 11) is 0. The molecule has 7 heteroatoms. The number of carbonyl (C=O) groups is 1. The van der Waals surface area contributed by atoms with E-state index >= 15 is 0 Å². The number of hydrogen-bond acceptors (Lipinski definition) is 6. The molecule has 0 unspecified atom stereocenters. The molecule has 0 aliphatic carbocycles. The molecule has 0 fully saturated rings. The molecular formula is C22H25N3O3S. The zero-order chi connectivity index (χ0) is 20.5. The third kappa shape index (κ3) is 6.09. The Morgan fingerprint density at radius 2 is 1.86 bits per heavy atom. The van der Waals surface area contributed by atoms with E-state index in [0.29, 0.717) is 17.7 Å². The van der Waals surface area contributed by atoms with Crippen LogP contribution in [0.1, 0.15) is 38.3 Å². The largest absolute Gasteiger partial charge is 0.494 e. The maximum Gasteiger partial charge on any atom is 0.277 e. The number of aromatic nitrogens is 2. The summed E-state index contributed by atoms with van der Waals surface area (Å²) in [6.45, 7) is 4.67. The highest BCUT2D eigenvalue weighted by Gasteiger charge is 2.16. The van der Waals surface area contributed by atoms with Crippen LogP contribution in [0, 0.1) is 0 Å². The molecule has 1 aromatic heterocycles. The van der Waals surface area contributed by atoms with E-state index in [1.807, 2.05) is 61.5 Å². The fraction of sp³-hybridized carbons (Fsp3) is 0.318. The number of thioether (sulfide) groups is 1. The lowest BCUT2D eigenvalue weighted by atomic mass is 10.0. The molecule has 6 nitrogen and oxygen atoms in total. The van der Waals surface area contributed by atoms with Gasteiger partial charge in [-0.25, -0.2) is 0 Å². The van der Waals surface area contributed by atoms with Gasteiger partial charge in [-0.1, -0.05) is 55.4 Å². The lowest BCUT2D eigenvalue weighted by molar-refractivity contribution is -0.119. The topological polar surface area (TPSA) is 77.2 Å². The highest BCUT2D eigenvalue weighted by molar-refractivity contribution is 7.99. The Morgan fingerprint density at radius 3 is 2.55 bits per heavy atom. The van der Waals surface area contributed by atoms with Gasteiger partial charge in [0.25, 0.3) is 5.22 Å². The summed E-state index contributed by atoms with van der Waals surface area (Å²) in [6.07, 6.45) is 1.88. The van der Waals surface area contributed by atoms with E-state index in [1.165, 1.54) is 11.8 Å². The number of ether oxygens (including phenoxy) is 1. The van der Waals surface area contributed by atoms with Gasteiger partial charge in [-0.2, -0.15) is 0 Å². The van der Waals surface area contributed by atoms with E-state index in [1.54, 1.807) is 0 Å². The predicted molar refractivity (Wildman–Crippen MR) is 114 cm³/mol. The van der Waals surface area contributed by atoms with Crippen LogP contribution < -0.4 is 10.1 Å². The van der Waals surface area contributed by atoms with Crippen LogP contribution in [-0.2, 0) is 4.79 Å². The van der Waals surface area contributed by atoms with Crippen molar-refractivity contribution < 1.29 is 13.9 Å². The predicted octanol–water partition coefficient (Wildman–Crippen LogP) is 4.89. The zero-order valence-electron chi connectivity index (χ0n) is 16.6. The van der Waals surface area contributed by atoms with Crippen LogP contribution in [0.25, 0.3) is 11.5 Å². The summed E-state index contributed by atoms with van der Waals surface area (Å²) in [6, 6.07) is 17.5. The first-order valence-corrected chi connectivity index (χ1v) is 10.7. The lowest BCUT2D eigenvalue weighted by Crippen LogP contribution is -2.29. The molecule has 2 aromatic carbocycles. The van der Waals surface area contributed by atoms with E-state index in [2.05, 4.69) is 22.4 Å². The van der Waals surface area contributed by atoms with Gasteiger partial charge >= 0.3 is 0 Å². The number of carbonyl (C=O) groups excluding carboxylic acids is 1. The van der Waals surface area contributed by atoms with Crippen LogP contribution in [0.15, 0.2) is 64.2 Å². The normalized spacial score (nSPS) is 11.8. The molecule has 0 aliphatic heterocycles. The first-order chi connectivity index (χ1) is 14.2. The number of rotatable bonds is 10. The number of nitrogens with one attached hydrogen (secondary N) is 1. The number of hydrogen-bond donors (Lipinski definition) is 1. The maximum atomic E-state index is 12.4. The van der Waals surface area contributed by atoms with Crippen LogP contribution in [0.2, 0.25) is 0 Å². The first-order valence-electron chi connectivity index (χ1n) is 9.73. The minimum absolute atomic E-state index is 0.0106. The van der Waals surface area contributed by atoms with Crippen LogP contribution >= 0.6 is 11.8 Å². The average Bonchev–Trinajstić information content (AvgIpc) is 3.22. The van der Waals surface area contributed by atoms with Crippen LogP contribution in [-0.4, -0.2) is 28.5 Å². The Hall–Kier alpha value is -2.80. The maximum absolute atomic E-state index is 12.4. The summed E-state index contributed by atoms with van der Waals surface area (Å²) in [5, 5.41) is 11.6. The Balaban J connectivity index is 1.55. The van der Waals surface area contributed by atoms with Crippen molar-refractivity contribution in [3.8, 4) is 17.2 Å². The second kappa shape index (κ2) is 10.7. The molecule has 1 N–H and O–H groups in total. The Kier molecular flexibility index (Phi) is 7.69. The number of amides is 1. The van der Waals surface area contributed by atoms with Crippen LogP contribution in [0.4, 0.5) is 0 Å². The van der Waals surface area contributed by atoms with Crippen molar-refractivity contribution in [2.75, 3.05) is 12.4 Å². The second-order valence-electron chi connectivity index (χ2n) is 6.44. The fourth-order valence-corrected chi connectivity index (χ4v) is 3.48. The van der Waals surface area contributed by atoms with E-state index in [-0.39, 0.29) is 17.7 Å². The SMILES string of the molecule is CCC[C@@H](NC(=O)CSc1nnc(-c2ccc(OCC)cc2)o1)c1ccccc1. The van der Waals surface area contributed by atoms with Crippen molar-refractivity contribution in [2.45, 2.75) is 38.0 Å². The highest BCUT2D eigenvalue weighted by atomic mass is 32.2.